The zero-order valence-electron chi connectivity index (χ0n) is 12.1. The molecule has 0 unspecified atom stereocenters. The van der Waals surface area contributed by atoms with Gasteiger partial charge in [-0.2, -0.15) is 0 Å². The number of aliphatic hydroxyl groups excluding tert-OH is 1. The molecule has 18 heavy (non-hydrogen) atoms. The quantitative estimate of drug-likeness (QED) is 0.673. The summed E-state index contributed by atoms with van der Waals surface area (Å²) < 4.78 is 0. The molecule has 2 aliphatic carbocycles. The summed E-state index contributed by atoms with van der Waals surface area (Å²) in [6.07, 6.45) is 2.98. The Balaban J connectivity index is 2.38. The second-order valence-corrected chi connectivity index (χ2v) is 7.35. The lowest BCUT2D eigenvalue weighted by Gasteiger charge is -2.62. The van der Waals surface area contributed by atoms with E-state index < -0.39 is 22.7 Å². The van der Waals surface area contributed by atoms with Crippen molar-refractivity contribution in [2.45, 2.75) is 77.1 Å². The zero-order valence-corrected chi connectivity index (χ0v) is 12.1. The third kappa shape index (κ3) is 1.75. The second kappa shape index (κ2) is 4.19. The van der Waals surface area contributed by atoms with Crippen LogP contribution in [0, 0.1) is 17.3 Å². The number of rotatable bonds is 1. The minimum Gasteiger partial charge on any atom is -0.392 e. The van der Waals surface area contributed by atoms with Crippen LogP contribution in [0.2, 0.25) is 0 Å². The van der Waals surface area contributed by atoms with Crippen molar-refractivity contribution in [3.63, 3.8) is 0 Å². The summed E-state index contributed by atoms with van der Waals surface area (Å²) in [5.74, 6) is 0.938. The molecule has 3 heteroatoms. The molecule has 2 aliphatic rings. The average Bonchev–Trinajstić information content (AvgIpc) is 2.27. The molecule has 5 atom stereocenters. The molecule has 0 amide bonds. The van der Waals surface area contributed by atoms with E-state index in [9.17, 15) is 15.3 Å². The summed E-state index contributed by atoms with van der Waals surface area (Å²) in [6.45, 7) is 8.02. The minimum atomic E-state index is -1.16. The van der Waals surface area contributed by atoms with Gasteiger partial charge in [-0.15, -0.1) is 0 Å². The van der Waals surface area contributed by atoms with Crippen LogP contribution in [-0.2, 0) is 0 Å². The predicted octanol–water partition coefficient (Wildman–Crippen LogP) is 2.09. The molecule has 0 radical (unpaired) electrons. The standard InChI is InChI=1S/C15H28O3/c1-10(2)11-5-7-13(3)12(16)6-8-14(4,17)15(13,18)9-11/h10-12,16-18H,5-9H2,1-4H3/t11-,12-,13+,14+,15+/m1/s1. The van der Waals surface area contributed by atoms with Crippen LogP contribution >= 0.6 is 0 Å². The predicted molar refractivity (Wildman–Crippen MR) is 71.1 cm³/mol. The first-order valence-corrected chi connectivity index (χ1v) is 7.27. The molecule has 0 aliphatic heterocycles. The van der Waals surface area contributed by atoms with E-state index in [4.69, 9.17) is 0 Å². The largest absolute Gasteiger partial charge is 0.392 e. The Kier molecular flexibility index (Phi) is 3.33. The minimum absolute atomic E-state index is 0.430. The van der Waals surface area contributed by atoms with E-state index in [-0.39, 0.29) is 0 Å². The monoisotopic (exact) mass is 256 g/mol. The Bertz CT molecular complexity index is 326. The molecule has 0 bridgehead atoms. The van der Waals surface area contributed by atoms with E-state index in [0.29, 0.717) is 31.1 Å². The first-order chi connectivity index (χ1) is 8.14. The molecule has 0 aromatic rings. The molecule has 2 saturated carbocycles. The Labute approximate surface area is 110 Å². The van der Waals surface area contributed by atoms with Crippen LogP contribution in [0.25, 0.3) is 0 Å². The lowest BCUT2D eigenvalue weighted by molar-refractivity contribution is -0.282. The molecule has 0 aromatic heterocycles. The maximum absolute atomic E-state index is 11.2. The number of hydrogen-bond acceptors (Lipinski definition) is 3. The summed E-state index contributed by atoms with van der Waals surface area (Å²) in [4.78, 5) is 0. The van der Waals surface area contributed by atoms with Crippen LogP contribution in [0.1, 0.15) is 59.8 Å². The molecule has 106 valence electrons. The fourth-order valence-electron chi connectivity index (χ4n) is 4.20. The molecular formula is C15H28O3. The summed E-state index contributed by atoms with van der Waals surface area (Å²) in [5.41, 5.74) is -2.82. The van der Waals surface area contributed by atoms with Crippen LogP contribution in [0.15, 0.2) is 0 Å². The van der Waals surface area contributed by atoms with Crippen molar-refractivity contribution < 1.29 is 15.3 Å². The van der Waals surface area contributed by atoms with Crippen LogP contribution in [-0.4, -0.2) is 32.6 Å². The van der Waals surface area contributed by atoms with Gasteiger partial charge < -0.3 is 15.3 Å². The Morgan fingerprint density at radius 1 is 1.06 bits per heavy atom. The lowest BCUT2D eigenvalue weighted by Crippen LogP contribution is -2.70. The van der Waals surface area contributed by atoms with Gasteiger partial charge in [-0.05, 0) is 50.9 Å². The molecule has 2 rings (SSSR count). The fraction of sp³-hybridized carbons (Fsp3) is 1.00. The van der Waals surface area contributed by atoms with E-state index >= 15 is 0 Å². The smallest absolute Gasteiger partial charge is 0.101 e. The van der Waals surface area contributed by atoms with Crippen LogP contribution in [0.3, 0.4) is 0 Å². The van der Waals surface area contributed by atoms with E-state index in [1.807, 2.05) is 6.92 Å². The molecule has 0 saturated heterocycles. The van der Waals surface area contributed by atoms with E-state index in [1.165, 1.54) is 0 Å². The van der Waals surface area contributed by atoms with Crippen molar-refractivity contribution in [2.24, 2.45) is 17.3 Å². The fourth-order valence-corrected chi connectivity index (χ4v) is 4.20. The van der Waals surface area contributed by atoms with Gasteiger partial charge in [-0.25, -0.2) is 0 Å². The topological polar surface area (TPSA) is 60.7 Å². The third-order valence-corrected chi connectivity index (χ3v) is 6.01. The third-order valence-electron chi connectivity index (χ3n) is 6.01. The Hall–Kier alpha value is -0.120. The molecule has 0 spiro atoms. The van der Waals surface area contributed by atoms with E-state index in [0.717, 1.165) is 12.8 Å². The maximum atomic E-state index is 11.2. The van der Waals surface area contributed by atoms with Crippen LogP contribution in [0.4, 0.5) is 0 Å². The molecule has 0 aromatic carbocycles. The van der Waals surface area contributed by atoms with Crippen molar-refractivity contribution >= 4 is 0 Å². The molecule has 3 nitrogen and oxygen atoms in total. The van der Waals surface area contributed by atoms with Gasteiger partial charge in [0.1, 0.15) is 5.60 Å². The van der Waals surface area contributed by atoms with Crippen molar-refractivity contribution in [2.75, 3.05) is 0 Å². The summed E-state index contributed by atoms with van der Waals surface area (Å²) in [6, 6.07) is 0. The number of fused-ring (bicyclic) bond motifs is 1. The van der Waals surface area contributed by atoms with Gasteiger partial charge in [0.25, 0.3) is 0 Å². The first-order valence-electron chi connectivity index (χ1n) is 7.27. The second-order valence-electron chi connectivity index (χ2n) is 7.35. The van der Waals surface area contributed by atoms with Gasteiger partial charge >= 0.3 is 0 Å². The SMILES string of the molecule is CC(C)[C@@H]1CC[C@@]2(C)[C@H](O)CC[C@](C)(O)[C@]2(O)C1. The van der Waals surface area contributed by atoms with Gasteiger partial charge in [-0.1, -0.05) is 20.8 Å². The lowest BCUT2D eigenvalue weighted by atomic mass is 9.48. The normalized spacial score (nSPS) is 53.3. The van der Waals surface area contributed by atoms with Gasteiger partial charge in [0.15, 0.2) is 0 Å². The molecule has 0 heterocycles. The van der Waals surface area contributed by atoms with Gasteiger partial charge in [0.05, 0.1) is 11.7 Å². The Morgan fingerprint density at radius 3 is 2.22 bits per heavy atom. The maximum Gasteiger partial charge on any atom is 0.101 e. The first kappa shape index (κ1) is 14.3. The highest BCUT2D eigenvalue weighted by Crippen LogP contribution is 2.58. The van der Waals surface area contributed by atoms with Crippen molar-refractivity contribution in [3.05, 3.63) is 0 Å². The molecular weight excluding hydrogens is 228 g/mol. The van der Waals surface area contributed by atoms with Gasteiger partial charge in [0.2, 0.25) is 0 Å². The molecule has 2 fully saturated rings. The Morgan fingerprint density at radius 2 is 1.67 bits per heavy atom. The average molecular weight is 256 g/mol. The van der Waals surface area contributed by atoms with Crippen molar-refractivity contribution in [1.82, 2.24) is 0 Å². The molecule has 3 N–H and O–H groups in total. The van der Waals surface area contributed by atoms with Crippen molar-refractivity contribution in [1.29, 1.82) is 0 Å². The highest BCUT2D eigenvalue weighted by atomic mass is 16.4. The van der Waals surface area contributed by atoms with Crippen LogP contribution < -0.4 is 0 Å². The van der Waals surface area contributed by atoms with Gasteiger partial charge in [0, 0.05) is 5.41 Å². The number of aliphatic hydroxyl groups is 3. The summed E-state index contributed by atoms with van der Waals surface area (Å²) in [7, 11) is 0. The van der Waals surface area contributed by atoms with E-state index in [1.54, 1.807) is 6.92 Å². The summed E-state index contributed by atoms with van der Waals surface area (Å²) in [5, 5.41) is 32.1. The summed E-state index contributed by atoms with van der Waals surface area (Å²) >= 11 is 0. The van der Waals surface area contributed by atoms with Crippen molar-refractivity contribution in [3.8, 4) is 0 Å². The highest BCUT2D eigenvalue weighted by molar-refractivity contribution is 5.16. The van der Waals surface area contributed by atoms with E-state index in [2.05, 4.69) is 13.8 Å². The van der Waals surface area contributed by atoms with Gasteiger partial charge in [-0.3, -0.25) is 0 Å². The zero-order chi connectivity index (χ0) is 13.8. The highest BCUT2D eigenvalue weighted by Gasteiger charge is 2.65. The number of hydrogen-bond donors (Lipinski definition) is 3. The van der Waals surface area contributed by atoms with Crippen LogP contribution in [0.5, 0.6) is 0 Å².